The van der Waals surface area contributed by atoms with Crippen LogP contribution in [0.25, 0.3) is 0 Å². The molecule has 2 heterocycles. The van der Waals surface area contributed by atoms with E-state index in [0.717, 1.165) is 11.3 Å². The van der Waals surface area contributed by atoms with E-state index in [0.29, 0.717) is 42.3 Å². The van der Waals surface area contributed by atoms with Crippen molar-refractivity contribution in [1.29, 1.82) is 0 Å². The van der Waals surface area contributed by atoms with E-state index in [4.69, 9.17) is 9.47 Å². The Morgan fingerprint density at radius 3 is 2.69 bits per heavy atom. The second kappa shape index (κ2) is 7.43. The monoisotopic (exact) mass is 355 g/mol. The van der Waals surface area contributed by atoms with Gasteiger partial charge in [0.2, 0.25) is 5.91 Å². The van der Waals surface area contributed by atoms with Crippen LogP contribution in [0.5, 0.6) is 11.5 Å². The molecule has 0 spiro atoms. The lowest BCUT2D eigenvalue weighted by Crippen LogP contribution is -2.25. The molecule has 1 aromatic heterocycles. The number of benzene rings is 1. The Morgan fingerprint density at radius 2 is 2.04 bits per heavy atom. The van der Waals surface area contributed by atoms with E-state index in [2.05, 4.69) is 10.3 Å². The fourth-order valence-electron chi connectivity index (χ4n) is 2.95. The summed E-state index contributed by atoms with van der Waals surface area (Å²) in [7, 11) is 2.98. The number of hydrogen-bond acceptors (Lipinski definition) is 5. The largest absolute Gasteiger partial charge is 0.493 e. The van der Waals surface area contributed by atoms with E-state index in [1.165, 1.54) is 14.2 Å². The van der Waals surface area contributed by atoms with Gasteiger partial charge in [0.05, 0.1) is 32.1 Å². The lowest BCUT2D eigenvalue weighted by Gasteiger charge is -2.19. The number of hydrogen-bond donors (Lipinski definition) is 1. The number of carbonyl (C=O) groups excluding carboxylic acids is 2. The Kier molecular flexibility index (Phi) is 5.06. The Morgan fingerprint density at radius 1 is 1.23 bits per heavy atom. The van der Waals surface area contributed by atoms with Crippen molar-refractivity contribution in [1.82, 2.24) is 9.88 Å². The fraction of sp³-hybridized carbons (Fsp3) is 0.316. The second-order valence-electron chi connectivity index (χ2n) is 5.93. The van der Waals surface area contributed by atoms with Crippen molar-refractivity contribution >= 4 is 17.5 Å². The Labute approximate surface area is 151 Å². The van der Waals surface area contributed by atoms with E-state index in [1.54, 1.807) is 30.2 Å². The van der Waals surface area contributed by atoms with Gasteiger partial charge in [-0.25, -0.2) is 0 Å². The third kappa shape index (κ3) is 3.33. The van der Waals surface area contributed by atoms with Gasteiger partial charge in [-0.3, -0.25) is 14.6 Å². The summed E-state index contributed by atoms with van der Waals surface area (Å²) < 4.78 is 10.7. The first-order valence-electron chi connectivity index (χ1n) is 8.35. The maximum Gasteiger partial charge on any atom is 0.254 e. The van der Waals surface area contributed by atoms with Crippen LogP contribution in [-0.4, -0.2) is 35.9 Å². The molecular weight excluding hydrogens is 334 g/mol. The summed E-state index contributed by atoms with van der Waals surface area (Å²) in [4.78, 5) is 30.8. The lowest BCUT2D eigenvalue weighted by molar-refractivity contribution is -0.115. The summed E-state index contributed by atoms with van der Waals surface area (Å²) >= 11 is 0. The summed E-state index contributed by atoms with van der Waals surface area (Å²) in [5, 5.41) is 2.76. The maximum absolute atomic E-state index is 13.0. The van der Waals surface area contributed by atoms with Crippen molar-refractivity contribution in [2.75, 3.05) is 19.5 Å². The van der Waals surface area contributed by atoms with Crippen LogP contribution >= 0.6 is 0 Å². The van der Waals surface area contributed by atoms with Crippen LogP contribution in [0.4, 0.5) is 5.69 Å². The molecule has 0 unspecified atom stereocenters. The molecule has 26 heavy (non-hydrogen) atoms. The van der Waals surface area contributed by atoms with Gasteiger partial charge in [0.15, 0.2) is 11.5 Å². The van der Waals surface area contributed by atoms with Crippen LogP contribution in [0.15, 0.2) is 30.5 Å². The van der Waals surface area contributed by atoms with Crippen molar-refractivity contribution < 1.29 is 19.1 Å². The van der Waals surface area contributed by atoms with Crippen molar-refractivity contribution in [3.8, 4) is 11.5 Å². The van der Waals surface area contributed by atoms with Crippen LogP contribution in [0.2, 0.25) is 0 Å². The zero-order valence-electron chi connectivity index (χ0n) is 15.0. The minimum Gasteiger partial charge on any atom is -0.493 e. The van der Waals surface area contributed by atoms with Gasteiger partial charge in [-0.1, -0.05) is 13.0 Å². The smallest absolute Gasteiger partial charge is 0.254 e. The molecule has 1 N–H and O–H groups in total. The zero-order valence-corrected chi connectivity index (χ0v) is 15.0. The van der Waals surface area contributed by atoms with Crippen LogP contribution in [-0.2, 0) is 17.9 Å². The highest BCUT2D eigenvalue weighted by atomic mass is 16.5. The van der Waals surface area contributed by atoms with Gasteiger partial charge in [-0.05, 0) is 23.8 Å². The standard InChI is InChI=1S/C19H21N3O4/c1-4-17(23)21-14-8-13(9-16(25-2)18(14)26-3)19(24)22-10-12-6-5-7-20-15(12)11-22/h5-9H,4,10-11H2,1-3H3,(H,21,23). The van der Waals surface area contributed by atoms with Gasteiger partial charge >= 0.3 is 0 Å². The molecule has 0 atom stereocenters. The fourth-order valence-corrected chi connectivity index (χ4v) is 2.95. The molecule has 0 radical (unpaired) electrons. The number of ether oxygens (including phenoxy) is 2. The van der Waals surface area contributed by atoms with E-state index in [-0.39, 0.29) is 11.8 Å². The zero-order chi connectivity index (χ0) is 18.7. The highest BCUT2D eigenvalue weighted by Crippen LogP contribution is 2.37. The number of amides is 2. The predicted octanol–water partition coefficient (Wildman–Crippen LogP) is 2.60. The quantitative estimate of drug-likeness (QED) is 0.892. The van der Waals surface area contributed by atoms with Gasteiger partial charge in [0, 0.05) is 24.7 Å². The molecule has 2 amide bonds. The Hall–Kier alpha value is -3.09. The molecule has 1 aliphatic heterocycles. The Balaban J connectivity index is 1.93. The van der Waals surface area contributed by atoms with E-state index < -0.39 is 0 Å². The molecule has 0 bridgehead atoms. The number of fused-ring (bicyclic) bond motifs is 1. The summed E-state index contributed by atoms with van der Waals surface area (Å²) in [6, 6.07) is 7.07. The van der Waals surface area contributed by atoms with Crippen LogP contribution in [0.1, 0.15) is 35.0 Å². The molecule has 0 saturated heterocycles. The van der Waals surface area contributed by atoms with E-state index >= 15 is 0 Å². The van der Waals surface area contributed by atoms with Gasteiger partial charge in [-0.2, -0.15) is 0 Å². The van der Waals surface area contributed by atoms with Gasteiger partial charge in [-0.15, -0.1) is 0 Å². The molecule has 1 aliphatic rings. The van der Waals surface area contributed by atoms with Crippen molar-refractivity contribution in [3.05, 3.63) is 47.3 Å². The molecule has 0 fully saturated rings. The number of methoxy groups -OCH3 is 2. The molecule has 7 nitrogen and oxygen atoms in total. The van der Waals surface area contributed by atoms with Crippen LogP contribution in [0, 0.1) is 0 Å². The molecular formula is C19H21N3O4. The first kappa shape index (κ1) is 17.7. The maximum atomic E-state index is 13.0. The van der Waals surface area contributed by atoms with Crippen molar-refractivity contribution in [3.63, 3.8) is 0 Å². The summed E-state index contributed by atoms with van der Waals surface area (Å²) in [5.41, 5.74) is 2.78. The number of rotatable bonds is 5. The molecule has 7 heteroatoms. The third-order valence-electron chi connectivity index (χ3n) is 4.29. The molecule has 3 rings (SSSR count). The average Bonchev–Trinajstić information content (AvgIpc) is 3.10. The number of pyridine rings is 1. The first-order chi connectivity index (χ1) is 12.6. The van der Waals surface area contributed by atoms with E-state index in [1.807, 2.05) is 12.1 Å². The lowest BCUT2D eigenvalue weighted by atomic mass is 10.1. The van der Waals surface area contributed by atoms with Crippen LogP contribution in [0.3, 0.4) is 0 Å². The van der Waals surface area contributed by atoms with Crippen molar-refractivity contribution in [2.24, 2.45) is 0 Å². The molecule has 0 saturated carbocycles. The highest BCUT2D eigenvalue weighted by molar-refractivity contribution is 5.99. The minimum atomic E-state index is -0.173. The van der Waals surface area contributed by atoms with Crippen LogP contribution < -0.4 is 14.8 Å². The summed E-state index contributed by atoms with van der Waals surface area (Å²) in [6.45, 7) is 2.72. The van der Waals surface area contributed by atoms with Gasteiger partial charge < -0.3 is 19.7 Å². The number of nitrogens with zero attached hydrogens (tertiary/aromatic N) is 2. The Bertz CT molecular complexity index is 826. The van der Waals surface area contributed by atoms with Crippen molar-refractivity contribution in [2.45, 2.75) is 26.4 Å². The summed E-state index contributed by atoms with van der Waals surface area (Å²) in [5.74, 6) is 0.445. The SMILES string of the molecule is CCC(=O)Nc1cc(C(=O)N2Cc3cccnc3C2)cc(OC)c1OC. The molecule has 1 aromatic carbocycles. The minimum absolute atomic E-state index is 0.157. The normalized spacial score (nSPS) is 12.5. The average molecular weight is 355 g/mol. The predicted molar refractivity (Wildman–Crippen MR) is 96.3 cm³/mol. The molecule has 0 aliphatic carbocycles. The number of aromatic nitrogens is 1. The van der Waals surface area contributed by atoms with E-state index in [9.17, 15) is 9.59 Å². The third-order valence-corrected chi connectivity index (χ3v) is 4.29. The number of anilines is 1. The number of carbonyl (C=O) groups is 2. The van der Waals surface area contributed by atoms with Gasteiger partial charge in [0.1, 0.15) is 0 Å². The van der Waals surface area contributed by atoms with Gasteiger partial charge in [0.25, 0.3) is 5.91 Å². The summed E-state index contributed by atoms with van der Waals surface area (Å²) in [6.07, 6.45) is 2.04. The molecule has 2 aromatic rings. The topological polar surface area (TPSA) is 80.8 Å². The highest BCUT2D eigenvalue weighted by Gasteiger charge is 2.27. The number of nitrogens with one attached hydrogen (secondary N) is 1. The molecule has 136 valence electrons. The second-order valence-corrected chi connectivity index (χ2v) is 5.93. The first-order valence-corrected chi connectivity index (χ1v) is 8.35.